The van der Waals surface area contributed by atoms with E-state index in [0.717, 1.165) is 30.3 Å². The molecule has 0 aliphatic carbocycles. The first-order valence-corrected chi connectivity index (χ1v) is 5.48. The molecule has 0 unspecified atom stereocenters. The summed E-state index contributed by atoms with van der Waals surface area (Å²) in [4.78, 5) is 11.7. The number of halogens is 3. The molecule has 0 bridgehead atoms. The largest absolute Gasteiger partial charge is 0.319 e. The zero-order valence-corrected chi connectivity index (χ0v) is 9.95. The zero-order valence-electron chi connectivity index (χ0n) is 9.95. The number of nitrogens with one attached hydrogen (secondary N) is 1. The van der Waals surface area contributed by atoms with Gasteiger partial charge in [0.1, 0.15) is 23.0 Å². The number of hydrogen-bond acceptors (Lipinski definition) is 2. The molecule has 0 saturated heterocycles. The second-order valence-electron chi connectivity index (χ2n) is 3.86. The van der Waals surface area contributed by atoms with Crippen molar-refractivity contribution in [2.45, 2.75) is 0 Å². The molecule has 6 heteroatoms. The summed E-state index contributed by atoms with van der Waals surface area (Å²) >= 11 is 0. The molecule has 0 fully saturated rings. The van der Waals surface area contributed by atoms with Crippen LogP contribution in [0.4, 0.5) is 18.9 Å². The van der Waals surface area contributed by atoms with E-state index >= 15 is 0 Å². The van der Waals surface area contributed by atoms with E-state index in [1.165, 1.54) is 6.07 Å². The first-order chi connectivity index (χ1) is 9.52. The second kappa shape index (κ2) is 5.45. The molecular formula is C14H7F3N2O. The normalized spacial score (nSPS) is 9.90. The first kappa shape index (κ1) is 13.6. The lowest BCUT2D eigenvalue weighted by molar-refractivity contribution is 0.101. The van der Waals surface area contributed by atoms with E-state index in [4.69, 9.17) is 5.26 Å². The van der Waals surface area contributed by atoms with Crippen molar-refractivity contribution in [2.24, 2.45) is 0 Å². The highest BCUT2D eigenvalue weighted by molar-refractivity contribution is 6.04. The van der Waals surface area contributed by atoms with Gasteiger partial charge in [-0.15, -0.1) is 0 Å². The number of hydrogen-bond donors (Lipinski definition) is 1. The van der Waals surface area contributed by atoms with Gasteiger partial charge in [0.2, 0.25) is 0 Å². The Morgan fingerprint density at radius 1 is 1.05 bits per heavy atom. The summed E-state index contributed by atoms with van der Waals surface area (Å²) in [6, 6.07) is 8.02. The summed E-state index contributed by atoms with van der Waals surface area (Å²) in [5.74, 6) is -4.06. The predicted octanol–water partition coefficient (Wildman–Crippen LogP) is 3.23. The Hall–Kier alpha value is -2.81. The van der Waals surface area contributed by atoms with Crippen LogP contribution in [0.3, 0.4) is 0 Å². The molecule has 1 N–H and O–H groups in total. The Labute approximate surface area is 112 Å². The highest BCUT2D eigenvalue weighted by Crippen LogP contribution is 2.18. The number of amides is 1. The van der Waals surface area contributed by atoms with E-state index < -0.39 is 28.9 Å². The van der Waals surface area contributed by atoms with E-state index in [2.05, 4.69) is 5.32 Å². The van der Waals surface area contributed by atoms with Crippen molar-refractivity contribution in [3.05, 3.63) is 65.0 Å². The van der Waals surface area contributed by atoms with Gasteiger partial charge >= 0.3 is 0 Å². The second-order valence-corrected chi connectivity index (χ2v) is 3.86. The van der Waals surface area contributed by atoms with Crippen molar-refractivity contribution in [1.82, 2.24) is 0 Å². The fourth-order valence-electron chi connectivity index (χ4n) is 1.59. The van der Waals surface area contributed by atoms with Gasteiger partial charge in [-0.25, -0.2) is 13.2 Å². The molecule has 0 radical (unpaired) electrons. The molecule has 0 aliphatic rings. The lowest BCUT2D eigenvalue weighted by Crippen LogP contribution is -2.16. The monoisotopic (exact) mass is 276 g/mol. The van der Waals surface area contributed by atoms with Gasteiger partial charge in [-0.1, -0.05) is 6.07 Å². The Bertz CT molecular complexity index is 703. The van der Waals surface area contributed by atoms with Crippen LogP contribution in [0.5, 0.6) is 0 Å². The molecule has 100 valence electrons. The van der Waals surface area contributed by atoms with Crippen molar-refractivity contribution in [1.29, 1.82) is 5.26 Å². The van der Waals surface area contributed by atoms with Crippen LogP contribution in [0.15, 0.2) is 36.4 Å². The highest BCUT2D eigenvalue weighted by Gasteiger charge is 2.18. The molecule has 1 amide bonds. The Morgan fingerprint density at radius 3 is 2.25 bits per heavy atom. The molecular weight excluding hydrogens is 269 g/mol. The summed E-state index contributed by atoms with van der Waals surface area (Å²) in [7, 11) is 0. The molecule has 2 aromatic carbocycles. The van der Waals surface area contributed by atoms with Crippen molar-refractivity contribution in [3.8, 4) is 6.07 Å². The molecule has 2 aromatic rings. The summed E-state index contributed by atoms with van der Waals surface area (Å²) in [6.07, 6.45) is 0. The van der Waals surface area contributed by atoms with Gasteiger partial charge in [0, 0.05) is 0 Å². The Morgan fingerprint density at radius 2 is 1.70 bits per heavy atom. The van der Waals surface area contributed by atoms with Gasteiger partial charge in [-0.2, -0.15) is 5.26 Å². The van der Waals surface area contributed by atoms with Crippen molar-refractivity contribution in [2.75, 3.05) is 5.32 Å². The number of nitriles is 1. The Kier molecular flexibility index (Phi) is 3.71. The quantitative estimate of drug-likeness (QED) is 0.915. The number of nitrogens with zero attached hydrogens (tertiary/aromatic N) is 1. The van der Waals surface area contributed by atoms with Gasteiger partial charge in [-0.3, -0.25) is 4.79 Å². The van der Waals surface area contributed by atoms with E-state index in [0.29, 0.717) is 0 Å². The standard InChI is InChI=1S/C14H7F3N2O/c15-9-2-1-3-10(16)13(9)14(20)19-12-5-4-8(7-18)6-11(12)17/h1-6H,(H,19,20). The minimum atomic E-state index is -1.11. The van der Waals surface area contributed by atoms with Crippen LogP contribution >= 0.6 is 0 Å². The molecule has 0 saturated carbocycles. The third-order valence-electron chi connectivity index (χ3n) is 2.54. The van der Waals surface area contributed by atoms with Gasteiger partial charge in [0.15, 0.2) is 0 Å². The number of carbonyl (C=O) groups is 1. The van der Waals surface area contributed by atoms with E-state index in [-0.39, 0.29) is 11.3 Å². The molecule has 0 atom stereocenters. The molecule has 2 rings (SSSR count). The Balaban J connectivity index is 2.31. The maximum atomic E-state index is 13.6. The topological polar surface area (TPSA) is 52.9 Å². The van der Waals surface area contributed by atoms with Gasteiger partial charge in [0.25, 0.3) is 5.91 Å². The third kappa shape index (κ3) is 2.62. The van der Waals surface area contributed by atoms with Crippen LogP contribution in [0.25, 0.3) is 0 Å². The number of anilines is 1. The lowest BCUT2D eigenvalue weighted by atomic mass is 10.1. The fourth-order valence-corrected chi connectivity index (χ4v) is 1.59. The summed E-state index contributed by atoms with van der Waals surface area (Å²) in [6.45, 7) is 0. The van der Waals surface area contributed by atoms with E-state index in [9.17, 15) is 18.0 Å². The zero-order chi connectivity index (χ0) is 14.7. The van der Waals surface area contributed by atoms with E-state index in [1.807, 2.05) is 0 Å². The third-order valence-corrected chi connectivity index (χ3v) is 2.54. The van der Waals surface area contributed by atoms with Gasteiger partial charge in [0.05, 0.1) is 17.3 Å². The first-order valence-electron chi connectivity index (χ1n) is 5.48. The summed E-state index contributed by atoms with van der Waals surface area (Å²) in [5, 5.41) is 10.6. The van der Waals surface area contributed by atoms with Gasteiger partial charge < -0.3 is 5.32 Å². The highest BCUT2D eigenvalue weighted by atomic mass is 19.1. The van der Waals surface area contributed by atoms with Crippen LogP contribution in [0.2, 0.25) is 0 Å². The maximum absolute atomic E-state index is 13.6. The average Bonchev–Trinajstić information content (AvgIpc) is 2.41. The molecule has 3 nitrogen and oxygen atoms in total. The van der Waals surface area contributed by atoms with Crippen LogP contribution in [-0.2, 0) is 0 Å². The fraction of sp³-hybridized carbons (Fsp3) is 0. The van der Waals surface area contributed by atoms with Crippen LogP contribution in [0.1, 0.15) is 15.9 Å². The smallest absolute Gasteiger partial charge is 0.261 e. The molecule has 0 aliphatic heterocycles. The average molecular weight is 276 g/mol. The SMILES string of the molecule is N#Cc1ccc(NC(=O)c2c(F)cccc2F)c(F)c1. The van der Waals surface area contributed by atoms with E-state index in [1.54, 1.807) is 6.07 Å². The van der Waals surface area contributed by atoms with Crippen molar-refractivity contribution in [3.63, 3.8) is 0 Å². The van der Waals surface area contributed by atoms with Crippen molar-refractivity contribution >= 4 is 11.6 Å². The van der Waals surface area contributed by atoms with Crippen LogP contribution in [0, 0.1) is 28.8 Å². The number of carbonyl (C=O) groups excluding carboxylic acids is 1. The summed E-state index contributed by atoms with van der Waals surface area (Å²) in [5.41, 5.74) is -0.995. The van der Waals surface area contributed by atoms with Crippen molar-refractivity contribution < 1.29 is 18.0 Å². The number of rotatable bonds is 2. The molecule has 0 spiro atoms. The van der Waals surface area contributed by atoms with Gasteiger partial charge in [-0.05, 0) is 30.3 Å². The minimum absolute atomic E-state index is 0.0672. The van der Waals surface area contributed by atoms with Crippen LogP contribution in [-0.4, -0.2) is 5.91 Å². The lowest BCUT2D eigenvalue weighted by Gasteiger charge is -2.08. The summed E-state index contributed by atoms with van der Waals surface area (Å²) < 4.78 is 40.3. The molecule has 0 heterocycles. The maximum Gasteiger partial charge on any atom is 0.261 e. The number of benzene rings is 2. The minimum Gasteiger partial charge on any atom is -0.319 e. The predicted molar refractivity (Wildman–Crippen MR) is 65.4 cm³/mol. The molecule has 0 aromatic heterocycles. The van der Waals surface area contributed by atoms with Crippen LogP contribution < -0.4 is 5.32 Å². The molecule has 20 heavy (non-hydrogen) atoms.